The Labute approximate surface area is 182 Å². The number of benzene rings is 2. The fourth-order valence-corrected chi connectivity index (χ4v) is 3.47. The summed E-state index contributed by atoms with van der Waals surface area (Å²) < 4.78 is 10.7. The molecule has 1 aliphatic rings. The molecule has 1 aromatic heterocycles. The van der Waals surface area contributed by atoms with Crippen molar-refractivity contribution < 1.29 is 14.3 Å². The summed E-state index contributed by atoms with van der Waals surface area (Å²) in [4.78, 5) is 16.5. The highest BCUT2D eigenvalue weighted by Gasteiger charge is 2.22. The van der Waals surface area contributed by atoms with Crippen molar-refractivity contribution in [2.45, 2.75) is 6.92 Å². The second-order valence-electron chi connectivity index (χ2n) is 7.47. The minimum atomic E-state index is -0.0173. The number of hydrogen-bond donors (Lipinski definition) is 0. The maximum Gasteiger partial charge on any atom is 0.260 e. The Bertz CT molecular complexity index is 997. The Morgan fingerprint density at radius 2 is 1.55 bits per heavy atom. The molecule has 0 saturated carbocycles. The van der Waals surface area contributed by atoms with Crippen LogP contribution in [-0.2, 0) is 4.79 Å². The molecule has 2 heterocycles. The van der Waals surface area contributed by atoms with Crippen molar-refractivity contribution in [3.05, 3.63) is 66.2 Å². The SMILES string of the molecule is COc1ccc(OCC(=O)N2CCN(c3ccc(-c4ccc(C)cc4)nn3)CC2)cc1. The van der Waals surface area contributed by atoms with Crippen LogP contribution in [0.2, 0.25) is 0 Å². The van der Waals surface area contributed by atoms with Crippen molar-refractivity contribution in [1.29, 1.82) is 0 Å². The number of methoxy groups -OCH3 is 1. The van der Waals surface area contributed by atoms with Gasteiger partial charge in [0.1, 0.15) is 11.5 Å². The molecule has 7 nitrogen and oxygen atoms in total. The molecule has 7 heteroatoms. The van der Waals surface area contributed by atoms with Crippen LogP contribution in [0.5, 0.6) is 11.5 Å². The third-order valence-corrected chi connectivity index (χ3v) is 5.38. The summed E-state index contributed by atoms with van der Waals surface area (Å²) in [6, 6.07) is 19.4. The number of anilines is 1. The standard InChI is InChI=1S/C24H26N4O3/c1-18-3-5-19(6-4-18)22-11-12-23(26-25-22)27-13-15-28(16-14-27)24(29)17-31-21-9-7-20(30-2)8-10-21/h3-12H,13-17H2,1-2H3. The van der Waals surface area contributed by atoms with Crippen molar-refractivity contribution >= 4 is 11.7 Å². The van der Waals surface area contributed by atoms with Crippen LogP contribution in [0.3, 0.4) is 0 Å². The molecule has 3 aromatic rings. The Balaban J connectivity index is 1.27. The average molecular weight is 418 g/mol. The van der Waals surface area contributed by atoms with E-state index in [1.165, 1.54) is 5.56 Å². The molecule has 2 aromatic carbocycles. The molecule has 160 valence electrons. The van der Waals surface area contributed by atoms with Gasteiger partial charge in [-0.05, 0) is 43.3 Å². The van der Waals surface area contributed by atoms with Gasteiger partial charge in [-0.25, -0.2) is 0 Å². The van der Waals surface area contributed by atoms with Crippen molar-refractivity contribution in [1.82, 2.24) is 15.1 Å². The van der Waals surface area contributed by atoms with E-state index in [1.807, 2.05) is 29.2 Å². The monoisotopic (exact) mass is 418 g/mol. The van der Waals surface area contributed by atoms with E-state index in [2.05, 4.69) is 46.3 Å². The summed E-state index contributed by atoms with van der Waals surface area (Å²) >= 11 is 0. The van der Waals surface area contributed by atoms with Crippen LogP contribution in [0.4, 0.5) is 5.82 Å². The zero-order valence-electron chi connectivity index (χ0n) is 17.8. The number of hydrogen-bond acceptors (Lipinski definition) is 6. The van der Waals surface area contributed by atoms with Gasteiger partial charge in [0.15, 0.2) is 12.4 Å². The number of amides is 1. The summed E-state index contributed by atoms with van der Waals surface area (Å²) in [5.74, 6) is 2.22. The Morgan fingerprint density at radius 3 is 2.16 bits per heavy atom. The van der Waals surface area contributed by atoms with Gasteiger partial charge >= 0.3 is 0 Å². The number of piperazine rings is 1. The van der Waals surface area contributed by atoms with E-state index in [9.17, 15) is 4.79 Å². The van der Waals surface area contributed by atoms with E-state index < -0.39 is 0 Å². The molecule has 0 bridgehead atoms. The highest BCUT2D eigenvalue weighted by Crippen LogP contribution is 2.20. The topological polar surface area (TPSA) is 67.8 Å². The number of carbonyl (C=O) groups excluding carboxylic acids is 1. The first-order valence-electron chi connectivity index (χ1n) is 10.3. The third-order valence-electron chi connectivity index (χ3n) is 5.38. The van der Waals surface area contributed by atoms with Crippen molar-refractivity contribution in [2.75, 3.05) is 44.8 Å². The van der Waals surface area contributed by atoms with Crippen LogP contribution in [-0.4, -0.2) is 60.9 Å². The molecule has 4 rings (SSSR count). The van der Waals surface area contributed by atoms with Gasteiger partial charge < -0.3 is 19.3 Å². The van der Waals surface area contributed by atoms with Crippen LogP contribution in [0, 0.1) is 6.92 Å². The lowest BCUT2D eigenvalue weighted by Crippen LogP contribution is -2.50. The highest BCUT2D eigenvalue weighted by molar-refractivity contribution is 5.78. The Hall–Kier alpha value is -3.61. The highest BCUT2D eigenvalue weighted by atomic mass is 16.5. The summed E-state index contributed by atoms with van der Waals surface area (Å²) in [6.45, 7) is 4.78. The first-order valence-corrected chi connectivity index (χ1v) is 10.3. The molecule has 1 saturated heterocycles. The molecule has 0 N–H and O–H groups in total. The zero-order chi connectivity index (χ0) is 21.6. The lowest BCUT2D eigenvalue weighted by molar-refractivity contribution is -0.133. The van der Waals surface area contributed by atoms with Gasteiger partial charge in [-0.3, -0.25) is 4.79 Å². The van der Waals surface area contributed by atoms with Gasteiger partial charge in [-0.1, -0.05) is 29.8 Å². The molecule has 1 fully saturated rings. The number of rotatable bonds is 6. The molecule has 0 radical (unpaired) electrons. The quantitative estimate of drug-likeness (QED) is 0.613. The number of aryl methyl sites for hydroxylation is 1. The van der Waals surface area contributed by atoms with Gasteiger partial charge in [0, 0.05) is 31.7 Å². The fourth-order valence-electron chi connectivity index (χ4n) is 3.47. The molecular weight excluding hydrogens is 392 g/mol. The van der Waals surface area contributed by atoms with Gasteiger partial charge in [0.05, 0.1) is 12.8 Å². The largest absolute Gasteiger partial charge is 0.497 e. The van der Waals surface area contributed by atoms with Gasteiger partial charge in [0.25, 0.3) is 5.91 Å². The molecule has 0 spiro atoms. The molecule has 1 aliphatic heterocycles. The molecule has 1 amide bonds. The second kappa shape index (κ2) is 9.47. The lowest BCUT2D eigenvalue weighted by Gasteiger charge is -2.35. The van der Waals surface area contributed by atoms with Crippen LogP contribution >= 0.6 is 0 Å². The van der Waals surface area contributed by atoms with E-state index in [1.54, 1.807) is 19.2 Å². The number of aromatic nitrogens is 2. The minimum absolute atomic E-state index is 0.0173. The summed E-state index contributed by atoms with van der Waals surface area (Å²) in [7, 11) is 1.61. The molecule has 0 aliphatic carbocycles. The normalized spacial score (nSPS) is 13.7. The van der Waals surface area contributed by atoms with Crippen molar-refractivity contribution in [3.8, 4) is 22.8 Å². The predicted molar refractivity (Wildman–Crippen MR) is 119 cm³/mol. The molecule has 0 unspecified atom stereocenters. The lowest BCUT2D eigenvalue weighted by atomic mass is 10.1. The summed E-state index contributed by atoms with van der Waals surface area (Å²) in [5, 5.41) is 8.78. The average Bonchev–Trinajstić information content (AvgIpc) is 2.83. The molecule has 31 heavy (non-hydrogen) atoms. The first-order chi connectivity index (χ1) is 15.1. The fraction of sp³-hybridized carbons (Fsp3) is 0.292. The van der Waals surface area contributed by atoms with Gasteiger partial charge in [-0.2, -0.15) is 0 Å². The summed E-state index contributed by atoms with van der Waals surface area (Å²) in [6.07, 6.45) is 0. The number of ether oxygens (including phenoxy) is 2. The number of carbonyl (C=O) groups is 1. The van der Waals surface area contributed by atoms with Gasteiger partial charge in [-0.15, -0.1) is 10.2 Å². The molecule has 0 atom stereocenters. The van der Waals surface area contributed by atoms with E-state index >= 15 is 0 Å². The maximum atomic E-state index is 12.5. The van der Waals surface area contributed by atoms with E-state index in [-0.39, 0.29) is 12.5 Å². The van der Waals surface area contributed by atoms with E-state index in [0.717, 1.165) is 22.8 Å². The van der Waals surface area contributed by atoms with E-state index in [0.29, 0.717) is 31.9 Å². The minimum Gasteiger partial charge on any atom is -0.497 e. The van der Waals surface area contributed by atoms with Crippen molar-refractivity contribution in [2.24, 2.45) is 0 Å². The second-order valence-corrected chi connectivity index (χ2v) is 7.47. The first kappa shape index (κ1) is 20.7. The zero-order valence-corrected chi connectivity index (χ0v) is 17.8. The smallest absolute Gasteiger partial charge is 0.260 e. The van der Waals surface area contributed by atoms with Crippen LogP contribution < -0.4 is 14.4 Å². The van der Waals surface area contributed by atoms with Crippen LogP contribution in [0.1, 0.15) is 5.56 Å². The van der Waals surface area contributed by atoms with Crippen molar-refractivity contribution in [3.63, 3.8) is 0 Å². The van der Waals surface area contributed by atoms with Gasteiger partial charge in [0.2, 0.25) is 0 Å². The predicted octanol–water partition coefficient (Wildman–Crippen LogP) is 3.19. The maximum absolute atomic E-state index is 12.5. The van der Waals surface area contributed by atoms with Crippen LogP contribution in [0.25, 0.3) is 11.3 Å². The Kier molecular flexibility index (Phi) is 6.31. The third kappa shape index (κ3) is 5.12. The summed E-state index contributed by atoms with van der Waals surface area (Å²) in [5.41, 5.74) is 3.13. The molecular formula is C24H26N4O3. The van der Waals surface area contributed by atoms with Crippen LogP contribution in [0.15, 0.2) is 60.7 Å². The van der Waals surface area contributed by atoms with E-state index in [4.69, 9.17) is 9.47 Å². The Morgan fingerprint density at radius 1 is 0.871 bits per heavy atom. The number of nitrogens with zero attached hydrogens (tertiary/aromatic N) is 4.